The molecule has 0 spiro atoms. The normalized spacial score (nSPS) is 24.6. The van der Waals surface area contributed by atoms with Crippen molar-refractivity contribution >= 4 is 27.0 Å². The summed E-state index contributed by atoms with van der Waals surface area (Å²) in [5, 5.41) is 0. The standard InChI is InChI=1S/C13H15BrN2O/c1-2-12-9(5-6-17-12)13-15-10-4-3-8(14)7-11(10)16-13/h3-4,7,9,12H,2,5-6H2,1H3,(H,15,16). The highest BCUT2D eigenvalue weighted by Crippen LogP contribution is 2.32. The zero-order chi connectivity index (χ0) is 11.8. The SMILES string of the molecule is CCC1OCCC1c1nc2ccc(Br)cc2[nH]1. The Balaban J connectivity index is 2.00. The van der Waals surface area contributed by atoms with Crippen molar-refractivity contribution in [2.24, 2.45) is 0 Å². The minimum absolute atomic E-state index is 0.319. The Bertz CT molecular complexity index is 537. The molecule has 1 N–H and O–H groups in total. The molecule has 2 aromatic rings. The number of rotatable bonds is 2. The van der Waals surface area contributed by atoms with Gasteiger partial charge in [0.1, 0.15) is 5.82 Å². The maximum absolute atomic E-state index is 5.72. The Labute approximate surface area is 109 Å². The molecule has 4 heteroatoms. The van der Waals surface area contributed by atoms with Gasteiger partial charge in [0.2, 0.25) is 0 Å². The van der Waals surface area contributed by atoms with Crippen LogP contribution in [0, 0.1) is 0 Å². The molecule has 1 saturated heterocycles. The van der Waals surface area contributed by atoms with Crippen molar-refractivity contribution in [3.8, 4) is 0 Å². The zero-order valence-electron chi connectivity index (χ0n) is 9.74. The summed E-state index contributed by atoms with van der Waals surface area (Å²) in [5.74, 6) is 1.49. The fourth-order valence-corrected chi connectivity index (χ4v) is 2.90. The third kappa shape index (κ3) is 2.00. The summed E-state index contributed by atoms with van der Waals surface area (Å²) in [5.41, 5.74) is 2.13. The zero-order valence-corrected chi connectivity index (χ0v) is 11.3. The first kappa shape index (κ1) is 11.2. The first-order valence-electron chi connectivity index (χ1n) is 6.04. The second kappa shape index (κ2) is 4.42. The lowest BCUT2D eigenvalue weighted by molar-refractivity contribution is 0.0996. The molecule has 0 saturated carbocycles. The van der Waals surface area contributed by atoms with Gasteiger partial charge in [-0.05, 0) is 31.0 Å². The summed E-state index contributed by atoms with van der Waals surface area (Å²) in [6, 6.07) is 6.13. The average molecular weight is 295 g/mol. The predicted octanol–water partition coefficient (Wildman–Crippen LogP) is 3.61. The number of ether oxygens (including phenoxy) is 1. The molecule has 0 bridgehead atoms. The first-order chi connectivity index (χ1) is 8.28. The molecule has 0 radical (unpaired) electrons. The van der Waals surface area contributed by atoms with Crippen LogP contribution in [-0.2, 0) is 4.74 Å². The Hall–Kier alpha value is -0.870. The fourth-order valence-electron chi connectivity index (χ4n) is 2.54. The van der Waals surface area contributed by atoms with Gasteiger partial charge in [-0.2, -0.15) is 0 Å². The number of imidazole rings is 1. The van der Waals surface area contributed by atoms with Crippen molar-refractivity contribution in [3.63, 3.8) is 0 Å². The quantitative estimate of drug-likeness (QED) is 0.919. The summed E-state index contributed by atoms with van der Waals surface area (Å²) < 4.78 is 6.80. The summed E-state index contributed by atoms with van der Waals surface area (Å²) in [6.45, 7) is 3.02. The lowest BCUT2D eigenvalue weighted by Gasteiger charge is -2.13. The van der Waals surface area contributed by atoms with E-state index >= 15 is 0 Å². The Kier molecular flexibility index (Phi) is 2.92. The van der Waals surface area contributed by atoms with E-state index in [4.69, 9.17) is 4.74 Å². The van der Waals surface area contributed by atoms with Crippen LogP contribution in [0.5, 0.6) is 0 Å². The average Bonchev–Trinajstić information content (AvgIpc) is 2.93. The molecule has 1 aromatic carbocycles. The number of fused-ring (bicyclic) bond motifs is 1. The van der Waals surface area contributed by atoms with Gasteiger partial charge in [0.25, 0.3) is 0 Å². The number of aromatic nitrogens is 2. The smallest absolute Gasteiger partial charge is 0.113 e. The molecule has 0 amide bonds. The van der Waals surface area contributed by atoms with E-state index in [-0.39, 0.29) is 0 Å². The first-order valence-corrected chi connectivity index (χ1v) is 6.84. The lowest BCUT2D eigenvalue weighted by atomic mass is 9.99. The van der Waals surface area contributed by atoms with E-state index in [2.05, 4.69) is 38.9 Å². The fraction of sp³-hybridized carbons (Fsp3) is 0.462. The minimum atomic E-state index is 0.319. The van der Waals surface area contributed by atoms with Gasteiger partial charge in [0.05, 0.1) is 17.1 Å². The maximum atomic E-state index is 5.72. The van der Waals surface area contributed by atoms with E-state index in [1.165, 1.54) is 0 Å². The number of nitrogens with one attached hydrogen (secondary N) is 1. The second-order valence-electron chi connectivity index (χ2n) is 4.50. The molecule has 0 aliphatic carbocycles. The van der Waals surface area contributed by atoms with Crippen LogP contribution >= 0.6 is 15.9 Å². The van der Waals surface area contributed by atoms with Gasteiger partial charge in [-0.25, -0.2) is 4.98 Å². The van der Waals surface area contributed by atoms with Crippen molar-refractivity contribution in [2.45, 2.75) is 31.8 Å². The van der Waals surface area contributed by atoms with Crippen LogP contribution in [0.15, 0.2) is 22.7 Å². The Morgan fingerprint density at radius 3 is 3.24 bits per heavy atom. The van der Waals surface area contributed by atoms with E-state index in [0.717, 1.165) is 40.8 Å². The molecule has 17 heavy (non-hydrogen) atoms. The van der Waals surface area contributed by atoms with Crippen LogP contribution in [0.25, 0.3) is 11.0 Å². The topological polar surface area (TPSA) is 37.9 Å². The molecule has 1 aliphatic heterocycles. The van der Waals surface area contributed by atoms with E-state index in [0.29, 0.717) is 12.0 Å². The summed E-state index contributed by atoms with van der Waals surface area (Å²) >= 11 is 3.48. The van der Waals surface area contributed by atoms with Crippen LogP contribution in [-0.4, -0.2) is 22.7 Å². The van der Waals surface area contributed by atoms with E-state index < -0.39 is 0 Å². The number of hydrogen-bond acceptors (Lipinski definition) is 2. The highest BCUT2D eigenvalue weighted by Gasteiger charge is 2.30. The minimum Gasteiger partial charge on any atom is -0.377 e. The van der Waals surface area contributed by atoms with Crippen molar-refractivity contribution in [1.82, 2.24) is 9.97 Å². The molecular weight excluding hydrogens is 280 g/mol. The molecule has 3 rings (SSSR count). The monoisotopic (exact) mass is 294 g/mol. The van der Waals surface area contributed by atoms with Gasteiger partial charge >= 0.3 is 0 Å². The van der Waals surface area contributed by atoms with Crippen LogP contribution in [0.2, 0.25) is 0 Å². The maximum Gasteiger partial charge on any atom is 0.113 e. The molecule has 2 unspecified atom stereocenters. The van der Waals surface area contributed by atoms with Crippen LogP contribution in [0.1, 0.15) is 31.5 Å². The second-order valence-corrected chi connectivity index (χ2v) is 5.41. The molecule has 3 nitrogen and oxygen atoms in total. The van der Waals surface area contributed by atoms with Crippen molar-refractivity contribution in [2.75, 3.05) is 6.61 Å². The highest BCUT2D eigenvalue weighted by atomic mass is 79.9. The van der Waals surface area contributed by atoms with Gasteiger partial charge in [-0.3, -0.25) is 0 Å². The predicted molar refractivity (Wildman–Crippen MR) is 71.2 cm³/mol. The van der Waals surface area contributed by atoms with Crippen LogP contribution < -0.4 is 0 Å². The highest BCUT2D eigenvalue weighted by molar-refractivity contribution is 9.10. The van der Waals surface area contributed by atoms with Gasteiger partial charge in [0.15, 0.2) is 0 Å². The number of nitrogens with zero attached hydrogens (tertiary/aromatic N) is 1. The summed E-state index contributed by atoms with van der Waals surface area (Å²) in [4.78, 5) is 8.10. The molecule has 1 fully saturated rings. The largest absolute Gasteiger partial charge is 0.377 e. The van der Waals surface area contributed by atoms with Gasteiger partial charge in [-0.1, -0.05) is 22.9 Å². The molecular formula is C13H15BrN2O. The molecule has 1 aliphatic rings. The Morgan fingerprint density at radius 1 is 1.53 bits per heavy atom. The van der Waals surface area contributed by atoms with Crippen molar-refractivity contribution in [3.05, 3.63) is 28.5 Å². The van der Waals surface area contributed by atoms with Crippen molar-refractivity contribution < 1.29 is 4.74 Å². The molecule has 2 atom stereocenters. The third-order valence-corrected chi connectivity index (χ3v) is 3.92. The number of halogens is 1. The number of hydrogen-bond donors (Lipinski definition) is 1. The van der Waals surface area contributed by atoms with Crippen LogP contribution in [0.4, 0.5) is 0 Å². The third-order valence-electron chi connectivity index (χ3n) is 3.43. The molecule has 90 valence electrons. The summed E-state index contributed by atoms with van der Waals surface area (Å²) in [7, 11) is 0. The van der Waals surface area contributed by atoms with E-state index in [9.17, 15) is 0 Å². The number of aromatic amines is 1. The van der Waals surface area contributed by atoms with Crippen LogP contribution in [0.3, 0.4) is 0 Å². The van der Waals surface area contributed by atoms with Gasteiger partial charge in [0, 0.05) is 17.0 Å². The van der Waals surface area contributed by atoms with E-state index in [1.54, 1.807) is 0 Å². The van der Waals surface area contributed by atoms with Gasteiger partial charge < -0.3 is 9.72 Å². The molecule has 1 aromatic heterocycles. The number of benzene rings is 1. The van der Waals surface area contributed by atoms with Crippen molar-refractivity contribution in [1.29, 1.82) is 0 Å². The van der Waals surface area contributed by atoms with E-state index in [1.807, 2.05) is 12.1 Å². The summed E-state index contributed by atoms with van der Waals surface area (Å²) in [6.07, 6.45) is 2.43. The van der Waals surface area contributed by atoms with Gasteiger partial charge in [-0.15, -0.1) is 0 Å². The Morgan fingerprint density at radius 2 is 2.41 bits per heavy atom. The lowest BCUT2D eigenvalue weighted by Crippen LogP contribution is -2.13. The number of H-pyrrole nitrogens is 1. The molecule has 2 heterocycles.